The highest BCUT2D eigenvalue weighted by molar-refractivity contribution is 7.80. The van der Waals surface area contributed by atoms with Gasteiger partial charge in [0.2, 0.25) is 0 Å². The third kappa shape index (κ3) is 5.46. The third-order valence-electron chi connectivity index (χ3n) is 8.04. The quantitative estimate of drug-likeness (QED) is 0.384. The fourth-order valence-electron chi connectivity index (χ4n) is 5.85. The molecule has 0 saturated carbocycles. The van der Waals surface area contributed by atoms with Crippen molar-refractivity contribution in [2.45, 2.75) is 102 Å². The predicted octanol–water partition coefficient (Wildman–Crippen LogP) is 3.88. The summed E-state index contributed by atoms with van der Waals surface area (Å²) in [4.78, 5) is 31.7. The monoisotopic (exact) mass is 610 g/mol. The summed E-state index contributed by atoms with van der Waals surface area (Å²) in [6.45, 7) is 17.4. The Morgan fingerprint density at radius 3 is 2.25 bits per heavy atom. The molecule has 2 saturated heterocycles. The van der Waals surface area contributed by atoms with Crippen LogP contribution in [0.5, 0.6) is 0 Å². The average molecular weight is 611 g/mol. The van der Waals surface area contributed by atoms with Crippen LogP contribution in [-0.4, -0.2) is 66.3 Å². The Balaban J connectivity index is 1.86. The van der Waals surface area contributed by atoms with Crippen LogP contribution in [0.3, 0.4) is 0 Å². The van der Waals surface area contributed by atoms with Crippen molar-refractivity contribution in [2.24, 2.45) is 7.05 Å². The van der Waals surface area contributed by atoms with Crippen LogP contribution in [0.25, 0.3) is 0 Å². The molecular formula is C26H42N4O7SSi2. The molecule has 1 N–H and O–H groups in total. The van der Waals surface area contributed by atoms with Crippen LogP contribution in [0.15, 0.2) is 34.5 Å². The Bertz CT molecular complexity index is 1290. The lowest BCUT2D eigenvalue weighted by atomic mass is 10.0. The summed E-state index contributed by atoms with van der Waals surface area (Å²) < 4.78 is 37.2. The SMILES string of the molecule is CC(C)[Si]1(C(C)C)OC[C@H]2O[C@@H](c3cn(C)c(=O)[nH]c3=O)[C@H](OC(=S)n3ccnc3)[C@@H]2O[Si](C(C)C)(C(C)C)O1. The number of H-pyrrole nitrogens is 1. The molecule has 11 nitrogen and oxygen atoms in total. The van der Waals surface area contributed by atoms with E-state index in [1.165, 1.54) is 10.8 Å². The molecule has 2 aliphatic heterocycles. The number of hydrogen-bond donors (Lipinski definition) is 1. The van der Waals surface area contributed by atoms with Gasteiger partial charge in [0.1, 0.15) is 24.6 Å². The largest absolute Gasteiger partial charge is 0.461 e. The van der Waals surface area contributed by atoms with Gasteiger partial charge in [0.25, 0.3) is 10.7 Å². The van der Waals surface area contributed by atoms with Crippen molar-refractivity contribution in [2.75, 3.05) is 6.61 Å². The number of aryl methyl sites for hydroxylation is 1. The van der Waals surface area contributed by atoms with Gasteiger partial charge in [0, 0.05) is 25.6 Å². The van der Waals surface area contributed by atoms with Crippen LogP contribution < -0.4 is 11.2 Å². The molecule has 0 aromatic carbocycles. The summed E-state index contributed by atoms with van der Waals surface area (Å²) in [7, 11) is -4.25. The maximum atomic E-state index is 13.1. The van der Waals surface area contributed by atoms with Crippen LogP contribution in [0, 0.1) is 0 Å². The minimum atomic E-state index is -3.02. The molecule has 2 fully saturated rings. The van der Waals surface area contributed by atoms with E-state index in [0.717, 1.165) is 0 Å². The number of aromatic amines is 1. The summed E-state index contributed by atoms with van der Waals surface area (Å²) in [5.74, 6) is 0. The summed E-state index contributed by atoms with van der Waals surface area (Å²) >= 11 is 5.62. The lowest BCUT2D eigenvalue weighted by Crippen LogP contribution is -2.66. The zero-order chi connectivity index (χ0) is 29.6. The first kappa shape index (κ1) is 31.0. The normalized spacial score (nSPS) is 26.2. The average Bonchev–Trinajstić information content (AvgIpc) is 3.50. The van der Waals surface area contributed by atoms with Crippen molar-refractivity contribution in [3.63, 3.8) is 0 Å². The highest BCUT2D eigenvalue weighted by atomic mass is 32.1. The maximum Gasteiger partial charge on any atom is 0.335 e. The Kier molecular flexibility index (Phi) is 9.10. The van der Waals surface area contributed by atoms with Crippen molar-refractivity contribution < 1.29 is 22.4 Å². The summed E-state index contributed by atoms with van der Waals surface area (Å²) in [6, 6.07) is 0. The van der Waals surface area contributed by atoms with Gasteiger partial charge in [-0.05, 0) is 34.4 Å². The van der Waals surface area contributed by atoms with E-state index in [2.05, 4.69) is 65.4 Å². The molecule has 0 spiro atoms. The van der Waals surface area contributed by atoms with Gasteiger partial charge in [-0.3, -0.25) is 14.3 Å². The van der Waals surface area contributed by atoms with Crippen LogP contribution in [0.1, 0.15) is 67.1 Å². The smallest absolute Gasteiger partial charge is 0.335 e. The van der Waals surface area contributed by atoms with Crippen molar-refractivity contribution in [1.29, 1.82) is 0 Å². The fourth-order valence-corrected chi connectivity index (χ4v) is 17.3. The van der Waals surface area contributed by atoms with Gasteiger partial charge in [-0.25, -0.2) is 9.78 Å². The maximum absolute atomic E-state index is 13.1. The van der Waals surface area contributed by atoms with Gasteiger partial charge >= 0.3 is 22.8 Å². The summed E-state index contributed by atoms with van der Waals surface area (Å²) in [5.41, 5.74) is -0.322. The Labute approximate surface area is 242 Å². The molecule has 2 aromatic heterocycles. The standard InChI is InChI=1S/C26H42N4O7SSi2/c1-15(2)39(16(3)4)33-13-20-22(36-40(37-39,17(5)6)18(7)8)23(35-26(38)30-11-10-27-14-30)21(34-20)19-12-29(9)25(32)28-24(19)31/h10-12,14-18,20-23H,13H2,1-9H3,(H,28,31,32)/t20-,21+,22-,23+/m1/s1. The second-order valence-corrected chi connectivity index (χ2v) is 21.1. The molecular weight excluding hydrogens is 569 g/mol. The first-order valence-corrected chi connectivity index (χ1v) is 18.2. The number of aromatic nitrogens is 4. The van der Waals surface area contributed by atoms with E-state index in [1.54, 1.807) is 30.3 Å². The molecule has 2 aliphatic rings. The van der Waals surface area contributed by atoms with Crippen LogP contribution >= 0.6 is 12.2 Å². The number of rotatable bonds is 6. The molecule has 14 heteroatoms. The van der Waals surface area contributed by atoms with Crippen molar-refractivity contribution in [3.05, 3.63) is 51.3 Å². The predicted molar refractivity (Wildman–Crippen MR) is 159 cm³/mol. The van der Waals surface area contributed by atoms with Crippen molar-refractivity contribution in [3.8, 4) is 0 Å². The number of nitrogens with zero attached hydrogens (tertiary/aromatic N) is 3. The van der Waals surface area contributed by atoms with E-state index in [4.69, 9.17) is 34.7 Å². The van der Waals surface area contributed by atoms with E-state index in [-0.39, 0.29) is 39.5 Å². The third-order valence-corrected chi connectivity index (χ3v) is 18.6. The zero-order valence-corrected chi connectivity index (χ0v) is 27.6. The molecule has 2 aromatic rings. The Hall–Kier alpha value is -1.95. The Morgan fingerprint density at radius 2 is 1.70 bits per heavy atom. The molecule has 4 heterocycles. The molecule has 222 valence electrons. The number of nitrogens with one attached hydrogen (secondary N) is 1. The van der Waals surface area contributed by atoms with Crippen LogP contribution in [0.4, 0.5) is 0 Å². The van der Waals surface area contributed by atoms with E-state index in [0.29, 0.717) is 0 Å². The van der Waals surface area contributed by atoms with Gasteiger partial charge < -0.3 is 27.0 Å². The molecule has 0 unspecified atom stereocenters. The summed E-state index contributed by atoms with van der Waals surface area (Å²) in [6.07, 6.45) is 3.40. The second-order valence-electron chi connectivity index (χ2n) is 11.9. The number of hydrogen-bond acceptors (Lipinski definition) is 9. The molecule has 0 radical (unpaired) electrons. The molecule has 40 heavy (non-hydrogen) atoms. The lowest BCUT2D eigenvalue weighted by molar-refractivity contribution is -0.0393. The van der Waals surface area contributed by atoms with E-state index in [9.17, 15) is 9.59 Å². The topological polar surface area (TPSA) is 119 Å². The van der Waals surface area contributed by atoms with Gasteiger partial charge in [-0.2, -0.15) is 0 Å². The van der Waals surface area contributed by atoms with Gasteiger partial charge in [-0.1, -0.05) is 55.4 Å². The second kappa shape index (κ2) is 11.7. The lowest BCUT2D eigenvalue weighted by Gasteiger charge is -2.51. The van der Waals surface area contributed by atoms with E-state index in [1.807, 2.05) is 0 Å². The van der Waals surface area contributed by atoms with E-state index >= 15 is 0 Å². The minimum Gasteiger partial charge on any atom is -0.461 e. The van der Waals surface area contributed by atoms with Crippen molar-refractivity contribution >= 4 is 34.5 Å². The fraction of sp³-hybridized carbons (Fsp3) is 0.692. The number of imidazole rings is 1. The van der Waals surface area contributed by atoms with Crippen LogP contribution in [-0.2, 0) is 29.5 Å². The number of ether oxygens (including phenoxy) is 2. The molecule has 0 aliphatic carbocycles. The minimum absolute atomic E-state index is 0.0838. The highest BCUT2D eigenvalue weighted by Crippen LogP contribution is 2.49. The first-order chi connectivity index (χ1) is 18.7. The number of fused-ring (bicyclic) bond motifs is 1. The van der Waals surface area contributed by atoms with Crippen molar-refractivity contribution in [1.82, 2.24) is 19.1 Å². The highest BCUT2D eigenvalue weighted by Gasteiger charge is 2.62. The molecule has 0 bridgehead atoms. The van der Waals surface area contributed by atoms with Gasteiger partial charge in [0.15, 0.2) is 6.10 Å². The van der Waals surface area contributed by atoms with Gasteiger partial charge in [-0.15, -0.1) is 0 Å². The molecule has 4 atom stereocenters. The van der Waals surface area contributed by atoms with Crippen LogP contribution in [0.2, 0.25) is 22.2 Å². The van der Waals surface area contributed by atoms with Gasteiger partial charge in [0.05, 0.1) is 12.2 Å². The molecule has 4 rings (SSSR count). The summed E-state index contributed by atoms with van der Waals surface area (Å²) in [5, 5.41) is 0.139. The molecule has 0 amide bonds. The first-order valence-electron chi connectivity index (χ1n) is 13.9. The zero-order valence-electron chi connectivity index (χ0n) is 24.7. The van der Waals surface area contributed by atoms with E-state index < -0.39 is 52.8 Å². The Morgan fingerprint density at radius 1 is 1.07 bits per heavy atom. The number of thiocarbonyl (C=S) groups is 1.